The first-order valence-electron chi connectivity index (χ1n) is 6.63. The molecule has 2 atom stereocenters. The maximum Gasteiger partial charge on any atom is 0.0855 e. The Morgan fingerprint density at radius 1 is 1.41 bits per heavy atom. The topological polar surface area (TPSA) is 36.4 Å². The molecule has 0 amide bonds. The van der Waals surface area contributed by atoms with Crippen LogP contribution in [0.15, 0.2) is 24.5 Å². The second-order valence-electron chi connectivity index (χ2n) is 5.44. The maximum absolute atomic E-state index is 10.9. The fourth-order valence-electron chi connectivity index (χ4n) is 3.43. The Balaban J connectivity index is 1.77. The van der Waals surface area contributed by atoms with E-state index in [0.717, 1.165) is 31.4 Å². The molecule has 92 valence electrons. The molecule has 3 heteroatoms. The van der Waals surface area contributed by atoms with E-state index in [2.05, 4.69) is 16.0 Å². The number of nitrogens with zero attached hydrogens (tertiary/aromatic N) is 2. The summed E-state index contributed by atoms with van der Waals surface area (Å²) in [6, 6.07) is 4.39. The van der Waals surface area contributed by atoms with E-state index in [1.807, 2.05) is 12.3 Å². The summed E-state index contributed by atoms with van der Waals surface area (Å²) < 4.78 is 0. The van der Waals surface area contributed by atoms with Crippen LogP contribution in [0.1, 0.15) is 31.2 Å². The molecule has 0 bridgehead atoms. The van der Waals surface area contributed by atoms with Crippen molar-refractivity contribution in [3.05, 3.63) is 30.1 Å². The quantitative estimate of drug-likeness (QED) is 0.841. The predicted molar refractivity (Wildman–Crippen MR) is 66.7 cm³/mol. The minimum atomic E-state index is -0.524. The molecular weight excluding hydrogens is 212 g/mol. The van der Waals surface area contributed by atoms with Crippen LogP contribution >= 0.6 is 0 Å². The Hall–Kier alpha value is -0.930. The van der Waals surface area contributed by atoms with Crippen molar-refractivity contribution in [1.29, 1.82) is 0 Å². The van der Waals surface area contributed by atoms with Gasteiger partial charge in [-0.05, 0) is 37.4 Å². The van der Waals surface area contributed by atoms with Crippen LogP contribution in [0.5, 0.6) is 0 Å². The normalized spacial score (nSPS) is 33.6. The van der Waals surface area contributed by atoms with Crippen LogP contribution in [0.3, 0.4) is 0 Å². The van der Waals surface area contributed by atoms with Gasteiger partial charge in [0.05, 0.1) is 5.60 Å². The van der Waals surface area contributed by atoms with Crippen molar-refractivity contribution in [2.45, 2.75) is 43.7 Å². The summed E-state index contributed by atoms with van der Waals surface area (Å²) in [5.41, 5.74) is 0.631. The highest BCUT2D eigenvalue weighted by Gasteiger charge is 2.46. The van der Waals surface area contributed by atoms with E-state index < -0.39 is 5.60 Å². The number of pyridine rings is 1. The van der Waals surface area contributed by atoms with Gasteiger partial charge in [-0.25, -0.2) is 0 Å². The van der Waals surface area contributed by atoms with Crippen LogP contribution in [0, 0.1) is 0 Å². The lowest BCUT2D eigenvalue weighted by Gasteiger charge is -2.37. The maximum atomic E-state index is 10.9. The molecule has 0 aliphatic carbocycles. The van der Waals surface area contributed by atoms with Crippen LogP contribution in [0.4, 0.5) is 0 Å². The van der Waals surface area contributed by atoms with E-state index in [1.165, 1.54) is 19.4 Å². The number of aromatic nitrogens is 1. The van der Waals surface area contributed by atoms with Crippen molar-refractivity contribution >= 4 is 0 Å². The number of piperidine rings is 1. The van der Waals surface area contributed by atoms with Crippen molar-refractivity contribution in [3.63, 3.8) is 0 Å². The Bertz CT molecular complexity index is 381. The van der Waals surface area contributed by atoms with Crippen LogP contribution < -0.4 is 0 Å². The molecule has 1 aromatic heterocycles. The van der Waals surface area contributed by atoms with Gasteiger partial charge in [-0.3, -0.25) is 9.88 Å². The summed E-state index contributed by atoms with van der Waals surface area (Å²) in [6.45, 7) is 2.22. The lowest BCUT2D eigenvalue weighted by atomic mass is 9.84. The minimum absolute atomic E-state index is 0.372. The SMILES string of the molecule is OC1(Cc2cccnc2)CCN2CCCCC21. The van der Waals surface area contributed by atoms with Crippen LogP contribution in [0.25, 0.3) is 0 Å². The van der Waals surface area contributed by atoms with Gasteiger partial charge in [0.25, 0.3) is 0 Å². The van der Waals surface area contributed by atoms with E-state index in [-0.39, 0.29) is 0 Å². The highest BCUT2D eigenvalue weighted by molar-refractivity contribution is 5.15. The molecule has 3 nitrogen and oxygen atoms in total. The Labute approximate surface area is 102 Å². The Kier molecular flexibility index (Phi) is 2.89. The third-order valence-electron chi connectivity index (χ3n) is 4.30. The van der Waals surface area contributed by atoms with E-state index in [4.69, 9.17) is 0 Å². The molecule has 2 unspecified atom stereocenters. The van der Waals surface area contributed by atoms with Gasteiger partial charge < -0.3 is 5.11 Å². The standard InChI is InChI=1S/C14H20N2O/c17-14(10-12-4-3-7-15-11-12)6-9-16-8-2-1-5-13(14)16/h3-4,7,11,13,17H,1-2,5-6,8-10H2. The van der Waals surface area contributed by atoms with Gasteiger partial charge in [-0.1, -0.05) is 12.5 Å². The van der Waals surface area contributed by atoms with Crippen molar-refractivity contribution in [1.82, 2.24) is 9.88 Å². The van der Waals surface area contributed by atoms with Crippen molar-refractivity contribution < 1.29 is 5.11 Å². The zero-order chi connectivity index (χ0) is 11.7. The van der Waals surface area contributed by atoms with Gasteiger partial charge in [0, 0.05) is 31.4 Å². The first kappa shape index (κ1) is 11.2. The van der Waals surface area contributed by atoms with Crippen molar-refractivity contribution in [3.8, 4) is 0 Å². The van der Waals surface area contributed by atoms with Gasteiger partial charge in [0.2, 0.25) is 0 Å². The van der Waals surface area contributed by atoms with Crippen molar-refractivity contribution in [2.24, 2.45) is 0 Å². The zero-order valence-corrected chi connectivity index (χ0v) is 10.2. The lowest BCUT2D eigenvalue weighted by molar-refractivity contribution is -0.00891. The minimum Gasteiger partial charge on any atom is -0.388 e. The molecule has 0 aromatic carbocycles. The Morgan fingerprint density at radius 3 is 3.18 bits per heavy atom. The molecular formula is C14H20N2O. The fourth-order valence-corrected chi connectivity index (χ4v) is 3.43. The van der Waals surface area contributed by atoms with E-state index in [0.29, 0.717) is 6.04 Å². The van der Waals surface area contributed by atoms with Crippen LogP contribution in [-0.4, -0.2) is 39.7 Å². The Morgan fingerprint density at radius 2 is 2.35 bits per heavy atom. The van der Waals surface area contributed by atoms with Crippen LogP contribution in [-0.2, 0) is 6.42 Å². The zero-order valence-electron chi connectivity index (χ0n) is 10.2. The first-order chi connectivity index (χ1) is 8.28. The lowest BCUT2D eigenvalue weighted by Crippen LogP contribution is -2.48. The molecule has 0 radical (unpaired) electrons. The summed E-state index contributed by atoms with van der Waals surface area (Å²) in [5, 5.41) is 10.9. The van der Waals surface area contributed by atoms with Gasteiger partial charge >= 0.3 is 0 Å². The number of fused-ring (bicyclic) bond motifs is 1. The molecule has 2 fully saturated rings. The van der Waals surface area contributed by atoms with Gasteiger partial charge in [-0.15, -0.1) is 0 Å². The monoisotopic (exact) mass is 232 g/mol. The number of hydrogen-bond acceptors (Lipinski definition) is 3. The third kappa shape index (κ3) is 2.09. The van der Waals surface area contributed by atoms with Gasteiger partial charge in [-0.2, -0.15) is 0 Å². The van der Waals surface area contributed by atoms with E-state index >= 15 is 0 Å². The summed E-state index contributed by atoms with van der Waals surface area (Å²) in [6.07, 6.45) is 9.03. The second kappa shape index (κ2) is 4.39. The third-order valence-corrected chi connectivity index (χ3v) is 4.30. The number of hydrogen-bond donors (Lipinski definition) is 1. The second-order valence-corrected chi connectivity index (χ2v) is 5.44. The summed E-state index contributed by atoms with van der Waals surface area (Å²) in [5.74, 6) is 0. The molecule has 3 heterocycles. The molecule has 2 aliphatic rings. The summed E-state index contributed by atoms with van der Waals surface area (Å²) >= 11 is 0. The average molecular weight is 232 g/mol. The molecule has 0 saturated carbocycles. The molecule has 1 aromatic rings. The molecule has 3 rings (SSSR count). The predicted octanol–water partition coefficient (Wildman–Crippen LogP) is 1.61. The smallest absolute Gasteiger partial charge is 0.0855 e. The molecule has 0 spiro atoms. The van der Waals surface area contributed by atoms with Crippen LogP contribution in [0.2, 0.25) is 0 Å². The van der Waals surface area contributed by atoms with Gasteiger partial charge in [0.1, 0.15) is 0 Å². The number of rotatable bonds is 2. The molecule has 2 aliphatic heterocycles. The summed E-state index contributed by atoms with van der Waals surface area (Å²) in [7, 11) is 0. The van der Waals surface area contributed by atoms with Gasteiger partial charge in [0.15, 0.2) is 0 Å². The molecule has 17 heavy (non-hydrogen) atoms. The first-order valence-corrected chi connectivity index (χ1v) is 6.63. The van der Waals surface area contributed by atoms with E-state index in [1.54, 1.807) is 6.20 Å². The highest BCUT2D eigenvalue weighted by Crippen LogP contribution is 2.37. The van der Waals surface area contributed by atoms with Crippen molar-refractivity contribution in [2.75, 3.05) is 13.1 Å². The molecule has 2 saturated heterocycles. The average Bonchev–Trinajstić information content (AvgIpc) is 2.69. The largest absolute Gasteiger partial charge is 0.388 e. The number of aliphatic hydroxyl groups is 1. The van der Waals surface area contributed by atoms with E-state index in [9.17, 15) is 5.11 Å². The highest BCUT2D eigenvalue weighted by atomic mass is 16.3. The fraction of sp³-hybridized carbons (Fsp3) is 0.643. The molecule has 1 N–H and O–H groups in total. The summed E-state index contributed by atoms with van der Waals surface area (Å²) in [4.78, 5) is 6.61.